The number of hydrogen-bond donors (Lipinski definition) is 0. The molecule has 1 heterocycles. The van der Waals surface area contributed by atoms with Crippen LogP contribution >= 0.6 is 0 Å². The van der Waals surface area contributed by atoms with Crippen LogP contribution in [0.2, 0.25) is 0 Å². The van der Waals surface area contributed by atoms with Crippen molar-refractivity contribution < 1.29 is 4.92 Å². The van der Waals surface area contributed by atoms with Gasteiger partial charge in [-0.25, -0.2) is 0 Å². The molecule has 3 aromatic rings. The van der Waals surface area contributed by atoms with E-state index in [0.717, 1.165) is 16.3 Å². The van der Waals surface area contributed by atoms with Crippen LogP contribution in [0, 0.1) is 10.1 Å². The van der Waals surface area contributed by atoms with E-state index in [2.05, 4.69) is 6.58 Å². The lowest BCUT2D eigenvalue weighted by Crippen LogP contribution is -1.98. The minimum absolute atomic E-state index is 0.135. The molecule has 4 nitrogen and oxygen atoms in total. The fourth-order valence-corrected chi connectivity index (χ4v) is 2.56. The predicted octanol–water partition coefficient (Wildman–Crippen LogP) is 3.89. The van der Waals surface area contributed by atoms with E-state index in [0.29, 0.717) is 12.1 Å². The average Bonchev–Trinajstić information content (AvgIpc) is 2.74. The molecule has 0 spiro atoms. The minimum Gasteiger partial charge on any atom is -0.331 e. The molecule has 1 aromatic heterocycles. The van der Waals surface area contributed by atoms with Gasteiger partial charge < -0.3 is 4.57 Å². The summed E-state index contributed by atoms with van der Waals surface area (Å²) in [5, 5.41) is 13.2. The lowest BCUT2D eigenvalue weighted by Gasteiger charge is -2.03. The predicted molar refractivity (Wildman–Crippen MR) is 76.3 cm³/mol. The van der Waals surface area contributed by atoms with E-state index in [9.17, 15) is 10.1 Å². The Kier molecular flexibility index (Phi) is 2.56. The Hall–Kier alpha value is -2.62. The van der Waals surface area contributed by atoms with Gasteiger partial charge in [-0.2, -0.15) is 0 Å². The molecule has 4 heteroatoms. The van der Waals surface area contributed by atoms with Gasteiger partial charge in [0.1, 0.15) is 5.52 Å². The van der Waals surface area contributed by atoms with Crippen molar-refractivity contribution >= 4 is 27.5 Å². The molecule has 0 saturated carbocycles. The van der Waals surface area contributed by atoms with Crippen molar-refractivity contribution in [3.63, 3.8) is 0 Å². The number of benzene rings is 2. The molecule has 0 saturated heterocycles. The lowest BCUT2D eigenvalue weighted by molar-refractivity contribution is -0.383. The number of hydrogen-bond acceptors (Lipinski definition) is 2. The van der Waals surface area contributed by atoms with Crippen molar-refractivity contribution in [1.29, 1.82) is 0 Å². The largest absolute Gasteiger partial charge is 0.331 e. The maximum atomic E-state index is 11.2. The normalized spacial score (nSPS) is 10.9. The van der Waals surface area contributed by atoms with Crippen LogP contribution in [0.25, 0.3) is 21.8 Å². The zero-order chi connectivity index (χ0) is 13.4. The van der Waals surface area contributed by atoms with E-state index in [-0.39, 0.29) is 10.6 Å². The summed E-state index contributed by atoms with van der Waals surface area (Å²) < 4.78 is 1.94. The molecule has 0 fully saturated rings. The SMILES string of the molecule is C=CCn1c2ccccc2c2cccc([N+](=O)[O-])c21. The lowest BCUT2D eigenvalue weighted by atomic mass is 10.1. The molecule has 0 aliphatic rings. The van der Waals surface area contributed by atoms with Crippen LogP contribution in [0.15, 0.2) is 55.1 Å². The fraction of sp³-hybridized carbons (Fsp3) is 0.0667. The van der Waals surface area contributed by atoms with Gasteiger partial charge in [0.15, 0.2) is 0 Å². The summed E-state index contributed by atoms with van der Waals surface area (Å²) in [6.07, 6.45) is 1.75. The van der Waals surface area contributed by atoms with Gasteiger partial charge in [-0.05, 0) is 6.07 Å². The topological polar surface area (TPSA) is 48.1 Å². The summed E-state index contributed by atoms with van der Waals surface area (Å²) in [5.41, 5.74) is 1.79. The van der Waals surface area contributed by atoms with Gasteiger partial charge in [0.2, 0.25) is 0 Å². The van der Waals surface area contributed by atoms with Gasteiger partial charge in [0.25, 0.3) is 5.69 Å². The summed E-state index contributed by atoms with van der Waals surface area (Å²) in [5.74, 6) is 0. The average molecular weight is 252 g/mol. The highest BCUT2D eigenvalue weighted by Gasteiger charge is 2.18. The molecule has 0 aliphatic heterocycles. The van der Waals surface area contributed by atoms with Crippen molar-refractivity contribution in [3.8, 4) is 0 Å². The zero-order valence-corrected chi connectivity index (χ0v) is 10.2. The van der Waals surface area contributed by atoms with E-state index >= 15 is 0 Å². The Balaban J connectivity index is 2.56. The monoisotopic (exact) mass is 252 g/mol. The molecule has 19 heavy (non-hydrogen) atoms. The van der Waals surface area contributed by atoms with Gasteiger partial charge in [-0.15, -0.1) is 6.58 Å². The molecule has 94 valence electrons. The van der Waals surface area contributed by atoms with Gasteiger partial charge in [0.05, 0.1) is 4.92 Å². The number of non-ortho nitro benzene ring substituents is 1. The third kappa shape index (κ3) is 1.61. The number of rotatable bonds is 3. The molecule has 0 aliphatic carbocycles. The van der Waals surface area contributed by atoms with Gasteiger partial charge in [0, 0.05) is 28.9 Å². The van der Waals surface area contributed by atoms with Crippen LogP contribution < -0.4 is 0 Å². The number of nitrogens with zero attached hydrogens (tertiary/aromatic N) is 2. The Morgan fingerprint density at radius 3 is 2.63 bits per heavy atom. The number of nitro groups is 1. The second-order valence-electron chi connectivity index (χ2n) is 4.35. The van der Waals surface area contributed by atoms with E-state index in [1.165, 1.54) is 0 Å². The van der Waals surface area contributed by atoms with Gasteiger partial charge >= 0.3 is 0 Å². The first-order chi connectivity index (χ1) is 9.24. The number of aromatic nitrogens is 1. The standard InChI is InChI=1S/C15H12N2O2/c1-2-10-16-13-8-4-3-6-11(13)12-7-5-9-14(15(12)16)17(18)19/h2-9H,1,10H2. The van der Waals surface area contributed by atoms with E-state index in [1.807, 2.05) is 34.9 Å². The Morgan fingerprint density at radius 2 is 1.89 bits per heavy atom. The number of para-hydroxylation sites is 2. The highest BCUT2D eigenvalue weighted by molar-refractivity contribution is 6.10. The Morgan fingerprint density at radius 1 is 1.16 bits per heavy atom. The highest BCUT2D eigenvalue weighted by atomic mass is 16.6. The molecule has 0 bridgehead atoms. The summed E-state index contributed by atoms with van der Waals surface area (Å²) >= 11 is 0. The van der Waals surface area contributed by atoms with Crippen molar-refractivity contribution in [3.05, 3.63) is 65.2 Å². The van der Waals surface area contributed by atoms with Crippen LogP contribution in [0.1, 0.15) is 0 Å². The highest BCUT2D eigenvalue weighted by Crippen LogP contribution is 2.34. The number of fused-ring (bicyclic) bond motifs is 3. The van der Waals surface area contributed by atoms with E-state index in [4.69, 9.17) is 0 Å². The van der Waals surface area contributed by atoms with Crippen molar-refractivity contribution in [2.75, 3.05) is 0 Å². The fourth-order valence-electron chi connectivity index (χ4n) is 2.56. The molecule has 0 N–H and O–H groups in total. The molecular weight excluding hydrogens is 240 g/mol. The summed E-state index contributed by atoms with van der Waals surface area (Å²) in [6, 6.07) is 13.0. The molecule has 0 unspecified atom stereocenters. The second kappa shape index (κ2) is 4.24. The second-order valence-corrected chi connectivity index (χ2v) is 4.35. The molecular formula is C15H12N2O2. The smallest absolute Gasteiger partial charge is 0.293 e. The van der Waals surface area contributed by atoms with Gasteiger partial charge in [-0.1, -0.05) is 36.4 Å². The summed E-state index contributed by atoms with van der Waals surface area (Å²) in [6.45, 7) is 4.28. The first-order valence-corrected chi connectivity index (χ1v) is 5.99. The maximum absolute atomic E-state index is 11.2. The molecule has 0 amide bonds. The Bertz CT molecular complexity index is 802. The van der Waals surface area contributed by atoms with Gasteiger partial charge in [-0.3, -0.25) is 10.1 Å². The van der Waals surface area contributed by atoms with E-state index in [1.54, 1.807) is 18.2 Å². The minimum atomic E-state index is -0.333. The van der Waals surface area contributed by atoms with Crippen molar-refractivity contribution in [1.82, 2.24) is 4.57 Å². The molecule has 0 atom stereocenters. The third-order valence-electron chi connectivity index (χ3n) is 3.28. The van der Waals surface area contributed by atoms with Crippen LogP contribution in [-0.2, 0) is 6.54 Å². The molecule has 0 radical (unpaired) electrons. The van der Waals surface area contributed by atoms with E-state index < -0.39 is 0 Å². The Labute approximate surface area is 109 Å². The van der Waals surface area contributed by atoms with Crippen molar-refractivity contribution in [2.45, 2.75) is 6.54 Å². The summed E-state index contributed by atoms with van der Waals surface area (Å²) in [7, 11) is 0. The molecule has 3 rings (SSSR count). The molecule has 2 aromatic carbocycles. The first kappa shape index (κ1) is 11.5. The summed E-state index contributed by atoms with van der Waals surface area (Å²) in [4.78, 5) is 10.9. The quantitative estimate of drug-likeness (QED) is 0.403. The van der Waals surface area contributed by atoms with Crippen LogP contribution in [0.4, 0.5) is 5.69 Å². The number of allylic oxidation sites excluding steroid dienone is 1. The van der Waals surface area contributed by atoms with Crippen LogP contribution in [0.5, 0.6) is 0 Å². The first-order valence-electron chi connectivity index (χ1n) is 5.99. The maximum Gasteiger partial charge on any atom is 0.293 e. The van der Waals surface area contributed by atoms with Crippen molar-refractivity contribution in [2.24, 2.45) is 0 Å². The third-order valence-corrected chi connectivity index (χ3v) is 3.28. The number of nitro benzene ring substituents is 1. The zero-order valence-electron chi connectivity index (χ0n) is 10.2. The van der Waals surface area contributed by atoms with Crippen LogP contribution in [-0.4, -0.2) is 9.49 Å². The van der Waals surface area contributed by atoms with Crippen LogP contribution in [0.3, 0.4) is 0 Å².